The molecule has 0 unspecified atom stereocenters. The SMILES string of the molecule is C[C@]12CCCN1N(Cc1cccc(C#N)c1)C(=O)C(C(=O)Nc1ccc(C(F)(F)F)cc1-c1ccc(C(F)(F)F)nc1)=C2O. The highest BCUT2D eigenvalue weighted by atomic mass is 19.4. The molecule has 1 atom stereocenters. The Morgan fingerprint density at radius 2 is 1.84 bits per heavy atom. The molecule has 3 heterocycles. The van der Waals surface area contributed by atoms with Gasteiger partial charge in [0, 0.05) is 29.6 Å². The molecule has 44 heavy (non-hydrogen) atoms. The highest BCUT2D eigenvalue weighted by molar-refractivity contribution is 6.24. The Morgan fingerprint density at radius 1 is 1.09 bits per heavy atom. The number of aliphatic hydroxyl groups is 1. The molecule has 0 radical (unpaired) electrons. The zero-order chi connectivity index (χ0) is 32.0. The lowest BCUT2D eigenvalue weighted by Crippen LogP contribution is -2.60. The minimum atomic E-state index is -4.82. The smallest absolute Gasteiger partial charge is 0.433 e. The number of pyridine rings is 1. The summed E-state index contributed by atoms with van der Waals surface area (Å²) in [4.78, 5) is 30.7. The van der Waals surface area contributed by atoms with Crippen LogP contribution in [0, 0.1) is 11.3 Å². The number of hydrogen-bond acceptors (Lipinski definition) is 6. The van der Waals surface area contributed by atoms with Crippen molar-refractivity contribution >= 4 is 17.5 Å². The maximum Gasteiger partial charge on any atom is 0.433 e. The third-order valence-electron chi connectivity index (χ3n) is 7.67. The Kier molecular flexibility index (Phi) is 7.63. The molecule has 2 aromatic carbocycles. The van der Waals surface area contributed by atoms with Gasteiger partial charge in [-0.05, 0) is 61.7 Å². The fraction of sp³-hybridized carbons (Fsp3) is 0.267. The third kappa shape index (κ3) is 5.58. The first-order chi connectivity index (χ1) is 20.6. The van der Waals surface area contributed by atoms with Crippen molar-refractivity contribution in [3.8, 4) is 17.2 Å². The van der Waals surface area contributed by atoms with Gasteiger partial charge in [-0.15, -0.1) is 0 Å². The quantitative estimate of drug-likeness (QED) is 0.261. The summed E-state index contributed by atoms with van der Waals surface area (Å²) in [5, 5.41) is 25.8. The van der Waals surface area contributed by atoms with Crippen molar-refractivity contribution in [2.45, 2.75) is 44.2 Å². The minimum Gasteiger partial charge on any atom is -0.509 e. The number of anilines is 1. The van der Waals surface area contributed by atoms with Gasteiger partial charge in [0.25, 0.3) is 11.8 Å². The summed E-state index contributed by atoms with van der Waals surface area (Å²) >= 11 is 0. The number of nitrogens with zero attached hydrogens (tertiary/aromatic N) is 4. The molecule has 0 aliphatic carbocycles. The molecule has 1 fully saturated rings. The van der Waals surface area contributed by atoms with Crippen molar-refractivity contribution in [3.05, 3.63) is 94.5 Å². The van der Waals surface area contributed by atoms with Gasteiger partial charge in [0.05, 0.1) is 29.3 Å². The minimum absolute atomic E-state index is 0.0449. The molecule has 0 saturated carbocycles. The molecule has 5 rings (SSSR count). The first kappa shape index (κ1) is 30.6. The predicted octanol–water partition coefficient (Wildman–Crippen LogP) is 6.22. The Morgan fingerprint density at radius 3 is 2.48 bits per heavy atom. The second-order valence-corrected chi connectivity index (χ2v) is 10.5. The number of rotatable bonds is 5. The lowest BCUT2D eigenvalue weighted by atomic mass is 9.90. The Bertz CT molecular complexity index is 1710. The Balaban J connectivity index is 1.53. The van der Waals surface area contributed by atoms with Crippen LogP contribution in [0.5, 0.6) is 0 Å². The zero-order valence-electron chi connectivity index (χ0n) is 22.9. The summed E-state index contributed by atoms with van der Waals surface area (Å²) in [6.07, 6.45) is -7.94. The molecule has 2 aliphatic heterocycles. The second-order valence-electron chi connectivity index (χ2n) is 10.5. The molecule has 14 heteroatoms. The number of carbonyl (C=O) groups excluding carboxylic acids is 2. The van der Waals surface area contributed by atoms with Crippen molar-refractivity contribution in [2.75, 3.05) is 11.9 Å². The van der Waals surface area contributed by atoms with Gasteiger partial charge in [0.2, 0.25) is 0 Å². The van der Waals surface area contributed by atoms with Crippen molar-refractivity contribution in [1.82, 2.24) is 15.0 Å². The van der Waals surface area contributed by atoms with E-state index in [1.165, 1.54) is 5.01 Å². The number of benzene rings is 2. The number of fused-ring (bicyclic) bond motifs is 1. The summed E-state index contributed by atoms with van der Waals surface area (Å²) in [7, 11) is 0. The normalized spacial score (nSPS) is 19.1. The van der Waals surface area contributed by atoms with Gasteiger partial charge in [-0.25, -0.2) is 5.01 Å². The molecule has 3 aromatic rings. The van der Waals surface area contributed by atoms with E-state index in [0.717, 1.165) is 18.3 Å². The second kappa shape index (κ2) is 11.0. The average molecular weight is 616 g/mol. The number of halogens is 6. The van der Waals surface area contributed by atoms with Gasteiger partial charge in [-0.2, -0.15) is 31.6 Å². The molecule has 2 N–H and O–H groups in total. The molecule has 1 aromatic heterocycles. The van der Waals surface area contributed by atoms with Gasteiger partial charge in [-0.3, -0.25) is 19.6 Å². The van der Waals surface area contributed by atoms with Gasteiger partial charge < -0.3 is 10.4 Å². The standard InChI is InChI=1S/C30H23F6N5O3/c1-28-10-3-11-41(28)40(16-18-5-2-4-17(12-18)14-37)27(44)24(25(28)42)26(43)39-22-8-7-20(29(31,32)33)13-21(22)19-6-9-23(38-15-19)30(34,35)36/h2,4-9,12-13,15,42H,3,10-11,16H2,1H3,(H,39,43)/t28-/m1/s1. The topological polar surface area (TPSA) is 110 Å². The van der Waals surface area contributed by atoms with Crippen LogP contribution in [0.2, 0.25) is 0 Å². The van der Waals surface area contributed by atoms with Crippen LogP contribution in [-0.2, 0) is 28.5 Å². The fourth-order valence-corrected chi connectivity index (χ4v) is 5.43. The number of nitrogens with one attached hydrogen (secondary N) is 1. The number of hydrazine groups is 1. The van der Waals surface area contributed by atoms with E-state index in [1.807, 2.05) is 6.07 Å². The van der Waals surface area contributed by atoms with E-state index in [0.29, 0.717) is 48.7 Å². The number of carbonyl (C=O) groups is 2. The van der Waals surface area contributed by atoms with Gasteiger partial charge in [0.15, 0.2) is 0 Å². The molecule has 228 valence electrons. The van der Waals surface area contributed by atoms with Gasteiger partial charge >= 0.3 is 12.4 Å². The maximum atomic E-state index is 13.8. The Hall–Kier alpha value is -4.90. The van der Waals surface area contributed by atoms with E-state index in [4.69, 9.17) is 0 Å². The number of aromatic nitrogens is 1. The lowest BCUT2D eigenvalue weighted by Gasteiger charge is -2.46. The molecule has 0 spiro atoms. The van der Waals surface area contributed by atoms with E-state index in [9.17, 15) is 46.3 Å². The van der Waals surface area contributed by atoms with E-state index < -0.39 is 52.3 Å². The van der Waals surface area contributed by atoms with E-state index >= 15 is 0 Å². The van der Waals surface area contributed by atoms with E-state index in [-0.39, 0.29) is 23.4 Å². The number of nitriles is 1. The van der Waals surface area contributed by atoms with Crippen molar-refractivity contribution < 1.29 is 41.0 Å². The zero-order valence-corrected chi connectivity index (χ0v) is 22.9. The number of alkyl halides is 6. The van der Waals surface area contributed by atoms with Crippen LogP contribution in [-0.4, -0.2) is 44.0 Å². The molecule has 1 saturated heterocycles. The summed E-state index contributed by atoms with van der Waals surface area (Å²) in [5.41, 5.74) is -4.01. The largest absolute Gasteiger partial charge is 0.509 e. The lowest BCUT2D eigenvalue weighted by molar-refractivity contribution is -0.160. The van der Waals surface area contributed by atoms with Crippen molar-refractivity contribution in [2.24, 2.45) is 0 Å². The number of aliphatic hydroxyl groups excluding tert-OH is 1. The first-order valence-corrected chi connectivity index (χ1v) is 13.2. The maximum absolute atomic E-state index is 13.8. The number of hydrogen-bond donors (Lipinski definition) is 2. The van der Waals surface area contributed by atoms with Crippen molar-refractivity contribution in [3.63, 3.8) is 0 Å². The van der Waals surface area contributed by atoms with Crippen LogP contribution < -0.4 is 5.32 Å². The monoisotopic (exact) mass is 615 g/mol. The first-order valence-electron chi connectivity index (χ1n) is 13.2. The molecule has 8 nitrogen and oxygen atoms in total. The third-order valence-corrected chi connectivity index (χ3v) is 7.67. The Labute approximate surface area is 246 Å². The van der Waals surface area contributed by atoms with Crippen LogP contribution in [0.15, 0.2) is 72.1 Å². The van der Waals surface area contributed by atoms with Crippen LogP contribution in [0.1, 0.15) is 42.1 Å². The van der Waals surface area contributed by atoms with Gasteiger partial charge in [0.1, 0.15) is 17.0 Å². The fourth-order valence-electron chi connectivity index (χ4n) is 5.43. The van der Waals surface area contributed by atoms with Crippen LogP contribution in [0.4, 0.5) is 32.0 Å². The summed E-state index contributed by atoms with van der Waals surface area (Å²) in [6, 6.07) is 12.2. The molecular weight excluding hydrogens is 592 g/mol. The molecule has 2 amide bonds. The van der Waals surface area contributed by atoms with Crippen molar-refractivity contribution in [1.29, 1.82) is 5.26 Å². The summed E-state index contributed by atoms with van der Waals surface area (Å²) in [5.74, 6) is -2.53. The van der Waals surface area contributed by atoms with E-state index in [2.05, 4.69) is 10.3 Å². The van der Waals surface area contributed by atoms with Gasteiger partial charge in [-0.1, -0.05) is 18.2 Å². The van der Waals surface area contributed by atoms with Crippen LogP contribution >= 0.6 is 0 Å². The van der Waals surface area contributed by atoms with Crippen LogP contribution in [0.25, 0.3) is 11.1 Å². The highest BCUT2D eigenvalue weighted by Gasteiger charge is 2.52. The summed E-state index contributed by atoms with van der Waals surface area (Å²) in [6.45, 7) is 1.98. The summed E-state index contributed by atoms with van der Waals surface area (Å²) < 4.78 is 79.9. The van der Waals surface area contributed by atoms with E-state index in [1.54, 1.807) is 36.2 Å². The van der Waals surface area contributed by atoms with Crippen LogP contribution in [0.3, 0.4) is 0 Å². The molecule has 2 aliphatic rings. The number of amides is 2. The highest BCUT2D eigenvalue weighted by Crippen LogP contribution is 2.42. The molecular formula is C30H23F6N5O3. The predicted molar refractivity (Wildman–Crippen MR) is 144 cm³/mol. The average Bonchev–Trinajstić information content (AvgIpc) is 3.37. The molecule has 0 bridgehead atoms.